The zero-order valence-electron chi connectivity index (χ0n) is 15.1. The van der Waals surface area contributed by atoms with Crippen LogP contribution in [0.3, 0.4) is 0 Å². The van der Waals surface area contributed by atoms with Crippen LogP contribution in [0.25, 0.3) is 0 Å². The lowest BCUT2D eigenvalue weighted by molar-refractivity contribution is -0.126. The first kappa shape index (κ1) is 18.2. The Labute approximate surface area is 165 Å². The zero-order valence-corrected chi connectivity index (χ0v) is 15.9. The molecule has 1 aliphatic rings. The van der Waals surface area contributed by atoms with E-state index in [9.17, 15) is 9.59 Å². The van der Waals surface area contributed by atoms with Crippen LogP contribution in [-0.4, -0.2) is 49.9 Å². The van der Waals surface area contributed by atoms with E-state index in [4.69, 9.17) is 0 Å². The van der Waals surface area contributed by atoms with E-state index in [1.54, 1.807) is 15.9 Å². The summed E-state index contributed by atoms with van der Waals surface area (Å²) in [7, 11) is 0. The molecule has 0 radical (unpaired) electrons. The van der Waals surface area contributed by atoms with Gasteiger partial charge in [0.2, 0.25) is 16.9 Å². The molecule has 1 unspecified atom stereocenters. The van der Waals surface area contributed by atoms with Crippen molar-refractivity contribution in [2.75, 3.05) is 18.0 Å². The molecule has 2 amide bonds. The molecule has 1 aromatic carbocycles. The molecule has 1 atom stereocenters. The Morgan fingerprint density at radius 1 is 1.25 bits per heavy atom. The summed E-state index contributed by atoms with van der Waals surface area (Å²) in [6.07, 6.45) is 3.90. The minimum Gasteiger partial charge on any atom is -0.354 e. The van der Waals surface area contributed by atoms with Gasteiger partial charge in [0.1, 0.15) is 17.7 Å². The molecular weight excluding hydrogens is 378 g/mol. The third-order valence-electron chi connectivity index (χ3n) is 4.49. The molecule has 1 fully saturated rings. The molecule has 1 N–H and O–H groups in total. The van der Waals surface area contributed by atoms with Crippen molar-refractivity contribution in [1.29, 1.82) is 0 Å². The number of nitrogens with one attached hydrogen (secondary N) is 1. The highest BCUT2D eigenvalue weighted by atomic mass is 32.1. The van der Waals surface area contributed by atoms with Crippen LogP contribution in [0, 0.1) is 5.92 Å². The first-order valence-corrected chi connectivity index (χ1v) is 9.77. The molecule has 4 rings (SSSR count). The maximum atomic E-state index is 12.4. The Hall–Kier alpha value is -3.14. The number of nitrogens with zero attached hydrogens (tertiary/aromatic N) is 6. The fraction of sp³-hybridized carbons (Fsp3) is 0.333. The van der Waals surface area contributed by atoms with Gasteiger partial charge in [0, 0.05) is 25.9 Å². The topological polar surface area (TPSA) is 106 Å². The van der Waals surface area contributed by atoms with Gasteiger partial charge in [-0.25, -0.2) is 4.98 Å². The average molecular weight is 397 g/mol. The van der Waals surface area contributed by atoms with E-state index in [0.717, 1.165) is 10.6 Å². The van der Waals surface area contributed by atoms with Crippen molar-refractivity contribution in [3.63, 3.8) is 0 Å². The third kappa shape index (κ3) is 4.22. The number of amides is 2. The predicted octanol–water partition coefficient (Wildman–Crippen LogP) is 0.890. The Kier molecular flexibility index (Phi) is 5.38. The first-order chi connectivity index (χ1) is 13.7. The number of carbonyl (C=O) groups excluding carboxylic acids is 2. The Balaban J connectivity index is 1.32. The van der Waals surface area contributed by atoms with Crippen molar-refractivity contribution in [1.82, 2.24) is 30.3 Å². The second-order valence-corrected chi connectivity index (χ2v) is 7.54. The number of rotatable bonds is 7. The van der Waals surface area contributed by atoms with Crippen LogP contribution in [-0.2, 0) is 22.6 Å². The van der Waals surface area contributed by atoms with Crippen molar-refractivity contribution >= 4 is 28.3 Å². The van der Waals surface area contributed by atoms with Gasteiger partial charge in [0.25, 0.3) is 0 Å². The molecular formula is C18H19N7O2S. The van der Waals surface area contributed by atoms with Crippen LogP contribution >= 0.6 is 11.3 Å². The van der Waals surface area contributed by atoms with Gasteiger partial charge < -0.3 is 5.32 Å². The number of aromatic nitrogens is 5. The maximum absolute atomic E-state index is 12.4. The number of hydrogen-bond acceptors (Lipinski definition) is 7. The van der Waals surface area contributed by atoms with E-state index in [2.05, 4.69) is 25.6 Å². The minimum absolute atomic E-state index is 0.0983. The van der Waals surface area contributed by atoms with Gasteiger partial charge in [-0.05, 0) is 5.56 Å². The largest absolute Gasteiger partial charge is 0.354 e. The molecule has 2 aromatic heterocycles. The lowest BCUT2D eigenvalue weighted by atomic mass is 10.1. The molecule has 144 valence electrons. The van der Waals surface area contributed by atoms with Gasteiger partial charge in [0.05, 0.1) is 12.5 Å². The molecule has 9 nitrogen and oxygen atoms in total. The van der Waals surface area contributed by atoms with Crippen LogP contribution in [0.2, 0.25) is 0 Å². The zero-order chi connectivity index (χ0) is 19.3. The normalized spacial score (nSPS) is 16.5. The van der Waals surface area contributed by atoms with Crippen molar-refractivity contribution < 1.29 is 9.59 Å². The Morgan fingerprint density at radius 3 is 2.89 bits per heavy atom. The Bertz CT molecular complexity index is 942. The summed E-state index contributed by atoms with van der Waals surface area (Å²) in [4.78, 5) is 30.2. The SMILES string of the molecule is O=C(NCCn1cncn1)C1CC(=O)N(c2nnc(Cc3ccccc3)s2)C1. The number of anilines is 1. The van der Waals surface area contributed by atoms with Gasteiger partial charge in [-0.1, -0.05) is 41.7 Å². The lowest BCUT2D eigenvalue weighted by Crippen LogP contribution is -2.34. The lowest BCUT2D eigenvalue weighted by Gasteiger charge is -2.12. The quantitative estimate of drug-likeness (QED) is 0.635. The maximum Gasteiger partial charge on any atom is 0.229 e. The smallest absolute Gasteiger partial charge is 0.229 e. The van der Waals surface area contributed by atoms with Crippen molar-refractivity contribution in [2.45, 2.75) is 19.4 Å². The highest BCUT2D eigenvalue weighted by Crippen LogP contribution is 2.28. The summed E-state index contributed by atoms with van der Waals surface area (Å²) in [6, 6.07) is 9.99. The van der Waals surface area contributed by atoms with E-state index in [-0.39, 0.29) is 24.2 Å². The van der Waals surface area contributed by atoms with E-state index >= 15 is 0 Å². The summed E-state index contributed by atoms with van der Waals surface area (Å²) in [5.74, 6) is -0.617. The van der Waals surface area contributed by atoms with Crippen molar-refractivity contribution in [3.05, 3.63) is 53.6 Å². The monoisotopic (exact) mass is 397 g/mol. The van der Waals surface area contributed by atoms with Gasteiger partial charge in [-0.2, -0.15) is 5.10 Å². The third-order valence-corrected chi connectivity index (χ3v) is 5.43. The van der Waals surface area contributed by atoms with Gasteiger partial charge in [0.15, 0.2) is 0 Å². The Morgan fingerprint density at radius 2 is 2.11 bits per heavy atom. The molecule has 28 heavy (non-hydrogen) atoms. The molecule has 1 saturated heterocycles. The van der Waals surface area contributed by atoms with Crippen molar-refractivity contribution in [3.8, 4) is 0 Å². The molecule has 0 bridgehead atoms. The minimum atomic E-state index is -0.385. The molecule has 3 aromatic rings. The van der Waals surface area contributed by atoms with Crippen LogP contribution in [0.5, 0.6) is 0 Å². The van der Waals surface area contributed by atoms with Gasteiger partial charge in [-0.15, -0.1) is 10.2 Å². The summed E-state index contributed by atoms with van der Waals surface area (Å²) in [5, 5.41) is 16.6. The van der Waals surface area contributed by atoms with Gasteiger partial charge >= 0.3 is 0 Å². The molecule has 10 heteroatoms. The van der Waals surface area contributed by atoms with E-state index in [1.807, 2.05) is 30.3 Å². The molecule has 0 aliphatic carbocycles. The number of carbonyl (C=O) groups is 2. The van der Waals surface area contributed by atoms with Crippen LogP contribution in [0.4, 0.5) is 5.13 Å². The summed E-state index contributed by atoms with van der Waals surface area (Å²) < 4.78 is 1.64. The van der Waals surface area contributed by atoms with Crippen LogP contribution < -0.4 is 10.2 Å². The second-order valence-electron chi connectivity index (χ2n) is 6.50. The van der Waals surface area contributed by atoms with E-state index in [0.29, 0.717) is 31.2 Å². The second kappa shape index (κ2) is 8.26. The fourth-order valence-electron chi connectivity index (χ4n) is 3.05. The fourth-order valence-corrected chi connectivity index (χ4v) is 3.95. The standard InChI is InChI=1S/C18H19N7O2S/c26-16-9-14(17(27)20-6-7-24-12-19-11-21-24)10-25(16)18-23-22-15(28-18)8-13-4-2-1-3-5-13/h1-5,11-12,14H,6-10H2,(H,20,27). The summed E-state index contributed by atoms with van der Waals surface area (Å²) in [5.41, 5.74) is 1.14. The molecule has 1 aliphatic heterocycles. The number of hydrogen-bond donors (Lipinski definition) is 1. The van der Waals surface area contributed by atoms with Crippen molar-refractivity contribution in [2.24, 2.45) is 5.92 Å². The van der Waals surface area contributed by atoms with Crippen LogP contribution in [0.15, 0.2) is 43.0 Å². The summed E-state index contributed by atoms with van der Waals surface area (Å²) in [6.45, 7) is 1.30. The number of benzene rings is 1. The summed E-state index contributed by atoms with van der Waals surface area (Å²) >= 11 is 1.39. The molecule has 0 saturated carbocycles. The molecule has 3 heterocycles. The average Bonchev–Trinajstić information content (AvgIpc) is 3.44. The highest BCUT2D eigenvalue weighted by Gasteiger charge is 2.36. The van der Waals surface area contributed by atoms with Crippen LogP contribution in [0.1, 0.15) is 17.0 Å². The van der Waals surface area contributed by atoms with E-state index < -0.39 is 0 Å². The van der Waals surface area contributed by atoms with Gasteiger partial charge in [-0.3, -0.25) is 19.2 Å². The molecule has 0 spiro atoms. The highest BCUT2D eigenvalue weighted by molar-refractivity contribution is 7.15. The first-order valence-electron chi connectivity index (χ1n) is 8.96. The predicted molar refractivity (Wildman–Crippen MR) is 103 cm³/mol. The van der Waals surface area contributed by atoms with E-state index in [1.165, 1.54) is 17.7 Å².